The minimum atomic E-state index is 1.09. The van der Waals surface area contributed by atoms with Crippen molar-refractivity contribution < 1.29 is 0 Å². The van der Waals surface area contributed by atoms with E-state index in [0.717, 1.165) is 4.47 Å². The summed E-state index contributed by atoms with van der Waals surface area (Å²) in [4.78, 5) is 0. The van der Waals surface area contributed by atoms with Crippen LogP contribution in [0.4, 0.5) is 0 Å². The van der Waals surface area contributed by atoms with Crippen molar-refractivity contribution in [3.05, 3.63) is 150 Å². The van der Waals surface area contributed by atoms with E-state index in [-0.39, 0.29) is 0 Å². The van der Waals surface area contributed by atoms with Crippen LogP contribution in [-0.4, -0.2) is 4.57 Å². The van der Waals surface area contributed by atoms with Gasteiger partial charge in [-0.2, -0.15) is 0 Å². The van der Waals surface area contributed by atoms with Crippen LogP contribution in [0.3, 0.4) is 0 Å². The van der Waals surface area contributed by atoms with Gasteiger partial charge in [0.25, 0.3) is 0 Å². The second kappa shape index (κ2) is 9.48. The highest BCUT2D eigenvalue weighted by Crippen LogP contribution is 2.36. The van der Waals surface area contributed by atoms with Gasteiger partial charge in [0.15, 0.2) is 0 Å². The van der Waals surface area contributed by atoms with Crippen molar-refractivity contribution in [2.75, 3.05) is 0 Å². The van der Waals surface area contributed by atoms with E-state index in [1.54, 1.807) is 0 Å². The first-order chi connectivity index (χ1) is 18.7. The van der Waals surface area contributed by atoms with Crippen LogP contribution in [0.5, 0.6) is 0 Å². The third-order valence-electron chi connectivity index (χ3n) is 7.24. The van der Waals surface area contributed by atoms with Gasteiger partial charge in [-0.05, 0) is 81.9 Å². The van der Waals surface area contributed by atoms with E-state index in [2.05, 4.69) is 166 Å². The number of aromatic nitrogens is 1. The summed E-state index contributed by atoms with van der Waals surface area (Å²) in [6.07, 6.45) is 0. The summed E-state index contributed by atoms with van der Waals surface area (Å²) in [6, 6.07) is 52.3. The Morgan fingerprint density at radius 3 is 1.74 bits per heavy atom. The number of halogens is 1. The third-order valence-corrected chi connectivity index (χ3v) is 7.73. The standard InChI is InChI=1S/C36H24BrN/c37-31-15-7-13-28(22-31)26-11-6-12-27(21-26)30-19-20-36-34(24-30)33-17-4-5-18-35(33)38(36)32-16-8-14-29(23-32)25-9-2-1-3-10-25/h1-24H. The molecule has 38 heavy (non-hydrogen) atoms. The lowest BCUT2D eigenvalue weighted by atomic mass is 9.98. The summed E-state index contributed by atoms with van der Waals surface area (Å²) < 4.78 is 3.48. The first-order valence-corrected chi connectivity index (χ1v) is 13.6. The normalized spacial score (nSPS) is 11.3. The first-order valence-electron chi connectivity index (χ1n) is 12.8. The van der Waals surface area contributed by atoms with Gasteiger partial charge >= 0.3 is 0 Å². The van der Waals surface area contributed by atoms with E-state index in [1.165, 1.54) is 60.9 Å². The average molecular weight is 550 g/mol. The summed E-state index contributed by atoms with van der Waals surface area (Å²) in [6.45, 7) is 0. The fourth-order valence-electron chi connectivity index (χ4n) is 5.43. The van der Waals surface area contributed by atoms with Gasteiger partial charge in [-0.15, -0.1) is 0 Å². The quantitative estimate of drug-likeness (QED) is 0.205. The number of fused-ring (bicyclic) bond motifs is 3. The van der Waals surface area contributed by atoms with E-state index in [4.69, 9.17) is 0 Å². The smallest absolute Gasteiger partial charge is 0.0541 e. The molecule has 0 saturated carbocycles. The van der Waals surface area contributed by atoms with E-state index >= 15 is 0 Å². The van der Waals surface area contributed by atoms with Crippen molar-refractivity contribution in [3.63, 3.8) is 0 Å². The first kappa shape index (κ1) is 22.8. The largest absolute Gasteiger partial charge is 0.309 e. The molecule has 2 heteroatoms. The molecule has 0 atom stereocenters. The summed E-state index contributed by atoms with van der Waals surface area (Å²) in [7, 11) is 0. The maximum absolute atomic E-state index is 3.61. The third kappa shape index (κ3) is 4.04. The van der Waals surface area contributed by atoms with Crippen molar-refractivity contribution >= 4 is 37.7 Å². The van der Waals surface area contributed by atoms with E-state index < -0.39 is 0 Å². The number of benzene rings is 6. The van der Waals surface area contributed by atoms with Gasteiger partial charge in [0, 0.05) is 20.9 Å². The van der Waals surface area contributed by atoms with Crippen molar-refractivity contribution in [2.24, 2.45) is 0 Å². The van der Waals surface area contributed by atoms with Crippen LogP contribution in [0.25, 0.3) is 60.9 Å². The van der Waals surface area contributed by atoms with Crippen LogP contribution < -0.4 is 0 Å². The number of hydrogen-bond donors (Lipinski definition) is 0. The minimum absolute atomic E-state index is 1.09. The second-order valence-electron chi connectivity index (χ2n) is 9.59. The molecule has 0 saturated heterocycles. The fourth-order valence-corrected chi connectivity index (χ4v) is 5.83. The Balaban J connectivity index is 1.39. The topological polar surface area (TPSA) is 4.93 Å². The van der Waals surface area contributed by atoms with Crippen LogP contribution in [-0.2, 0) is 0 Å². The molecule has 0 N–H and O–H groups in total. The monoisotopic (exact) mass is 549 g/mol. The van der Waals surface area contributed by atoms with Crippen LogP contribution in [0, 0.1) is 0 Å². The average Bonchev–Trinajstić information content (AvgIpc) is 3.31. The fraction of sp³-hybridized carbons (Fsp3) is 0. The molecule has 1 aromatic heterocycles. The van der Waals surface area contributed by atoms with Crippen LogP contribution in [0.2, 0.25) is 0 Å². The molecule has 0 aliphatic carbocycles. The molecule has 1 nitrogen and oxygen atoms in total. The number of para-hydroxylation sites is 1. The lowest BCUT2D eigenvalue weighted by Gasteiger charge is -2.11. The highest BCUT2D eigenvalue weighted by molar-refractivity contribution is 9.10. The number of rotatable bonds is 4. The highest BCUT2D eigenvalue weighted by atomic mass is 79.9. The molecule has 0 aliphatic rings. The zero-order valence-corrected chi connectivity index (χ0v) is 22.3. The Hall–Kier alpha value is -4.40. The Morgan fingerprint density at radius 1 is 0.368 bits per heavy atom. The minimum Gasteiger partial charge on any atom is -0.309 e. The Morgan fingerprint density at radius 2 is 0.947 bits per heavy atom. The van der Waals surface area contributed by atoms with Crippen molar-refractivity contribution in [1.29, 1.82) is 0 Å². The molecule has 0 spiro atoms. The van der Waals surface area contributed by atoms with Crippen molar-refractivity contribution in [1.82, 2.24) is 4.57 Å². The van der Waals surface area contributed by atoms with Gasteiger partial charge in [0.05, 0.1) is 11.0 Å². The summed E-state index contributed by atoms with van der Waals surface area (Å²) >= 11 is 3.61. The lowest BCUT2D eigenvalue weighted by Crippen LogP contribution is -1.94. The maximum Gasteiger partial charge on any atom is 0.0541 e. The van der Waals surface area contributed by atoms with Gasteiger partial charge in [0.1, 0.15) is 0 Å². The van der Waals surface area contributed by atoms with Gasteiger partial charge in [-0.3, -0.25) is 0 Å². The summed E-state index contributed by atoms with van der Waals surface area (Å²) in [5.74, 6) is 0. The molecule has 180 valence electrons. The van der Waals surface area contributed by atoms with E-state index in [9.17, 15) is 0 Å². The maximum atomic E-state index is 3.61. The zero-order valence-electron chi connectivity index (χ0n) is 20.7. The molecule has 0 bridgehead atoms. The van der Waals surface area contributed by atoms with Crippen molar-refractivity contribution in [3.8, 4) is 39.1 Å². The highest BCUT2D eigenvalue weighted by Gasteiger charge is 2.14. The predicted octanol–water partition coefficient (Wildman–Crippen LogP) is 10.5. The van der Waals surface area contributed by atoms with Gasteiger partial charge in [0.2, 0.25) is 0 Å². The Labute approximate surface area is 230 Å². The molecule has 0 aliphatic heterocycles. The van der Waals surface area contributed by atoms with E-state index in [1.807, 2.05) is 0 Å². The van der Waals surface area contributed by atoms with Gasteiger partial charge < -0.3 is 4.57 Å². The summed E-state index contributed by atoms with van der Waals surface area (Å²) in [5.41, 5.74) is 10.9. The van der Waals surface area contributed by atoms with E-state index in [0.29, 0.717) is 0 Å². The molecule has 6 aromatic carbocycles. The second-order valence-corrected chi connectivity index (χ2v) is 10.5. The molecular formula is C36H24BrN. The van der Waals surface area contributed by atoms with Crippen LogP contribution in [0.15, 0.2) is 150 Å². The van der Waals surface area contributed by atoms with Crippen LogP contribution >= 0.6 is 15.9 Å². The molecule has 0 amide bonds. The lowest BCUT2D eigenvalue weighted by molar-refractivity contribution is 1.18. The molecule has 7 rings (SSSR count). The van der Waals surface area contributed by atoms with Gasteiger partial charge in [-0.1, -0.05) is 113 Å². The van der Waals surface area contributed by atoms with Gasteiger partial charge in [-0.25, -0.2) is 0 Å². The Bertz CT molecular complexity index is 1930. The Kier molecular flexibility index (Phi) is 5.68. The summed E-state index contributed by atoms with van der Waals surface area (Å²) in [5, 5.41) is 2.52. The SMILES string of the molecule is Brc1cccc(-c2cccc(-c3ccc4c(c3)c3ccccc3n4-c3cccc(-c4ccccc4)c3)c2)c1. The molecule has 7 aromatic rings. The molecular weight excluding hydrogens is 526 g/mol. The van der Waals surface area contributed by atoms with Crippen LogP contribution in [0.1, 0.15) is 0 Å². The molecule has 0 fully saturated rings. The molecule has 0 unspecified atom stereocenters. The molecule has 1 heterocycles. The molecule has 0 radical (unpaired) electrons. The number of nitrogens with zero attached hydrogens (tertiary/aromatic N) is 1. The van der Waals surface area contributed by atoms with Crippen molar-refractivity contribution in [2.45, 2.75) is 0 Å². The predicted molar refractivity (Wildman–Crippen MR) is 165 cm³/mol. The zero-order chi connectivity index (χ0) is 25.5. The number of hydrogen-bond acceptors (Lipinski definition) is 0.